The van der Waals surface area contributed by atoms with Crippen molar-refractivity contribution in [1.82, 2.24) is 9.88 Å². The van der Waals surface area contributed by atoms with Crippen molar-refractivity contribution < 1.29 is 27.4 Å². The second kappa shape index (κ2) is 9.38. The van der Waals surface area contributed by atoms with Gasteiger partial charge in [0, 0.05) is 24.5 Å². The van der Waals surface area contributed by atoms with Gasteiger partial charge in [-0.3, -0.25) is 4.79 Å². The average Bonchev–Trinajstić information content (AvgIpc) is 3.26. The number of hydrogen-bond donors (Lipinski definition) is 0. The van der Waals surface area contributed by atoms with Crippen molar-refractivity contribution in [1.29, 1.82) is 0 Å². The summed E-state index contributed by atoms with van der Waals surface area (Å²) in [6.45, 7) is 2.57. The summed E-state index contributed by atoms with van der Waals surface area (Å²) < 4.78 is 49.2. The normalized spacial score (nSPS) is 11.3. The highest BCUT2D eigenvalue weighted by Crippen LogP contribution is 2.35. The number of methoxy groups -OCH3 is 1. The summed E-state index contributed by atoms with van der Waals surface area (Å²) in [5, 5.41) is 2.38. The molecule has 0 aliphatic rings. The molecule has 2 aromatic carbocycles. The molecule has 0 spiro atoms. The predicted molar refractivity (Wildman–Crippen MR) is 113 cm³/mol. The SMILES string of the molecule is CCN(C)C(=O)c1csc(-c2ccc(OCc3ccc(C(F)(F)F)cc3)c(OC)c2)n1. The van der Waals surface area contributed by atoms with E-state index in [1.807, 2.05) is 6.92 Å². The summed E-state index contributed by atoms with van der Waals surface area (Å²) in [5.74, 6) is 0.761. The van der Waals surface area contributed by atoms with Crippen LogP contribution in [0.4, 0.5) is 13.2 Å². The Kier molecular flexibility index (Phi) is 6.84. The fourth-order valence-electron chi connectivity index (χ4n) is 2.71. The Balaban J connectivity index is 1.73. The van der Waals surface area contributed by atoms with E-state index in [0.717, 1.165) is 17.7 Å². The molecule has 0 radical (unpaired) electrons. The first kappa shape index (κ1) is 22.6. The molecule has 3 rings (SSSR count). The highest BCUT2D eigenvalue weighted by Gasteiger charge is 2.29. The van der Waals surface area contributed by atoms with Gasteiger partial charge in [-0.15, -0.1) is 11.3 Å². The van der Waals surface area contributed by atoms with E-state index in [4.69, 9.17) is 9.47 Å². The van der Waals surface area contributed by atoms with E-state index in [1.54, 1.807) is 35.5 Å². The minimum atomic E-state index is -4.37. The lowest BCUT2D eigenvalue weighted by Gasteiger charge is -2.13. The average molecular weight is 450 g/mol. The zero-order chi connectivity index (χ0) is 22.6. The van der Waals surface area contributed by atoms with Crippen LogP contribution in [0.25, 0.3) is 10.6 Å². The van der Waals surface area contributed by atoms with Crippen LogP contribution in [0.1, 0.15) is 28.5 Å². The maximum atomic E-state index is 12.7. The van der Waals surface area contributed by atoms with Crippen LogP contribution in [-0.4, -0.2) is 36.5 Å². The molecular formula is C22H21F3N2O3S. The number of thiazole rings is 1. The largest absolute Gasteiger partial charge is 0.493 e. The first-order valence-corrected chi connectivity index (χ1v) is 10.3. The quantitative estimate of drug-likeness (QED) is 0.476. The summed E-state index contributed by atoms with van der Waals surface area (Å²) in [7, 11) is 3.21. The lowest BCUT2D eigenvalue weighted by atomic mass is 10.1. The standard InChI is InChI=1S/C22H21F3N2O3S/c1-4-27(2)21(28)17-13-31-20(26-17)15-7-10-18(19(11-15)29-3)30-12-14-5-8-16(9-6-14)22(23,24)25/h5-11,13H,4,12H2,1-3H3. The van der Waals surface area contributed by atoms with Gasteiger partial charge in [-0.2, -0.15) is 13.2 Å². The molecule has 0 unspecified atom stereocenters. The molecule has 0 aliphatic carbocycles. The van der Waals surface area contributed by atoms with Crippen molar-refractivity contribution in [2.75, 3.05) is 20.7 Å². The number of hydrogen-bond acceptors (Lipinski definition) is 5. The van der Waals surface area contributed by atoms with Gasteiger partial charge in [0.1, 0.15) is 17.3 Å². The third-order valence-corrected chi connectivity index (χ3v) is 5.52. The van der Waals surface area contributed by atoms with Crippen molar-refractivity contribution in [3.8, 4) is 22.1 Å². The third-order valence-electron chi connectivity index (χ3n) is 4.63. The molecule has 1 heterocycles. The van der Waals surface area contributed by atoms with E-state index in [9.17, 15) is 18.0 Å². The van der Waals surface area contributed by atoms with Gasteiger partial charge >= 0.3 is 6.18 Å². The lowest BCUT2D eigenvalue weighted by molar-refractivity contribution is -0.137. The molecule has 31 heavy (non-hydrogen) atoms. The summed E-state index contributed by atoms with van der Waals surface area (Å²) in [5.41, 5.74) is 1.04. The van der Waals surface area contributed by atoms with Gasteiger partial charge in [-0.1, -0.05) is 12.1 Å². The van der Waals surface area contributed by atoms with Crippen LogP contribution >= 0.6 is 11.3 Å². The highest BCUT2D eigenvalue weighted by atomic mass is 32.1. The fourth-order valence-corrected chi connectivity index (χ4v) is 3.51. The Labute approximate surface area is 182 Å². The Hall–Kier alpha value is -3.07. The molecule has 0 atom stereocenters. The van der Waals surface area contributed by atoms with E-state index in [1.165, 1.54) is 30.6 Å². The molecule has 3 aromatic rings. The first-order valence-electron chi connectivity index (χ1n) is 9.41. The van der Waals surface area contributed by atoms with E-state index in [-0.39, 0.29) is 12.5 Å². The number of carbonyl (C=O) groups is 1. The molecule has 0 N–H and O–H groups in total. The molecule has 0 saturated heterocycles. The Morgan fingerprint density at radius 1 is 1.13 bits per heavy atom. The van der Waals surface area contributed by atoms with Gasteiger partial charge in [0.2, 0.25) is 0 Å². The number of halogens is 3. The maximum Gasteiger partial charge on any atom is 0.416 e. The molecule has 0 saturated carbocycles. The molecule has 1 aromatic heterocycles. The maximum absolute atomic E-state index is 12.7. The molecular weight excluding hydrogens is 429 g/mol. The Morgan fingerprint density at radius 3 is 2.45 bits per heavy atom. The molecule has 0 bridgehead atoms. The number of alkyl halides is 3. The number of benzene rings is 2. The van der Waals surface area contributed by atoms with Crippen molar-refractivity contribution in [3.05, 3.63) is 64.7 Å². The molecule has 0 fully saturated rings. The van der Waals surface area contributed by atoms with Crippen LogP contribution in [0.3, 0.4) is 0 Å². The lowest BCUT2D eigenvalue weighted by Crippen LogP contribution is -2.26. The van der Waals surface area contributed by atoms with Crippen LogP contribution in [0.2, 0.25) is 0 Å². The Morgan fingerprint density at radius 2 is 1.84 bits per heavy atom. The minimum absolute atomic E-state index is 0.0904. The van der Waals surface area contributed by atoms with Gasteiger partial charge in [0.15, 0.2) is 11.5 Å². The topological polar surface area (TPSA) is 51.7 Å². The van der Waals surface area contributed by atoms with Crippen LogP contribution in [-0.2, 0) is 12.8 Å². The Bertz CT molecular complexity index is 1050. The number of nitrogens with zero attached hydrogens (tertiary/aromatic N) is 2. The number of aromatic nitrogens is 1. The smallest absolute Gasteiger partial charge is 0.416 e. The van der Waals surface area contributed by atoms with Crippen molar-refractivity contribution in [2.45, 2.75) is 19.7 Å². The number of ether oxygens (including phenoxy) is 2. The van der Waals surface area contributed by atoms with Crippen LogP contribution in [0, 0.1) is 0 Å². The van der Waals surface area contributed by atoms with Crippen LogP contribution < -0.4 is 9.47 Å². The van der Waals surface area contributed by atoms with Gasteiger partial charge in [0.05, 0.1) is 12.7 Å². The van der Waals surface area contributed by atoms with Crippen molar-refractivity contribution in [2.24, 2.45) is 0 Å². The van der Waals surface area contributed by atoms with Crippen molar-refractivity contribution in [3.63, 3.8) is 0 Å². The molecule has 0 aliphatic heterocycles. The van der Waals surface area contributed by atoms with E-state index >= 15 is 0 Å². The van der Waals surface area contributed by atoms with Gasteiger partial charge in [-0.05, 0) is 42.8 Å². The zero-order valence-corrected chi connectivity index (χ0v) is 18.0. The van der Waals surface area contributed by atoms with E-state index in [2.05, 4.69) is 4.98 Å². The number of amides is 1. The minimum Gasteiger partial charge on any atom is -0.493 e. The van der Waals surface area contributed by atoms with E-state index in [0.29, 0.717) is 34.3 Å². The molecule has 164 valence electrons. The third kappa shape index (κ3) is 5.35. The van der Waals surface area contributed by atoms with Crippen LogP contribution in [0.5, 0.6) is 11.5 Å². The second-order valence-corrected chi connectivity index (χ2v) is 7.56. The summed E-state index contributed by atoms with van der Waals surface area (Å²) in [6, 6.07) is 10.1. The highest BCUT2D eigenvalue weighted by molar-refractivity contribution is 7.13. The summed E-state index contributed by atoms with van der Waals surface area (Å²) in [6.07, 6.45) is -4.37. The van der Waals surface area contributed by atoms with Gasteiger partial charge in [-0.25, -0.2) is 4.98 Å². The van der Waals surface area contributed by atoms with Gasteiger partial charge < -0.3 is 14.4 Å². The molecule has 5 nitrogen and oxygen atoms in total. The molecule has 1 amide bonds. The first-order chi connectivity index (χ1) is 14.7. The number of rotatable bonds is 7. The van der Waals surface area contributed by atoms with Gasteiger partial charge in [0.25, 0.3) is 5.91 Å². The predicted octanol–water partition coefficient (Wildman–Crippen LogP) is 5.51. The summed E-state index contributed by atoms with van der Waals surface area (Å²) >= 11 is 1.35. The van der Waals surface area contributed by atoms with Crippen molar-refractivity contribution >= 4 is 17.2 Å². The van der Waals surface area contributed by atoms with E-state index < -0.39 is 11.7 Å². The van der Waals surface area contributed by atoms with Crippen LogP contribution in [0.15, 0.2) is 47.8 Å². The fraction of sp³-hybridized carbons (Fsp3) is 0.273. The molecule has 9 heteroatoms. The zero-order valence-electron chi connectivity index (χ0n) is 17.2. The number of carbonyl (C=O) groups excluding carboxylic acids is 1. The summed E-state index contributed by atoms with van der Waals surface area (Å²) in [4.78, 5) is 18.3. The monoisotopic (exact) mass is 450 g/mol. The second-order valence-electron chi connectivity index (χ2n) is 6.71.